The van der Waals surface area contributed by atoms with Crippen LogP contribution in [0.2, 0.25) is 0 Å². The summed E-state index contributed by atoms with van der Waals surface area (Å²) in [5, 5.41) is 13.7. The molecule has 166 valence electrons. The zero-order chi connectivity index (χ0) is 21.9. The number of aliphatic imine (C=N–C) groups is 1. The molecule has 3 rings (SSSR count). The lowest BCUT2D eigenvalue weighted by Crippen LogP contribution is -2.38. The number of benzene rings is 1. The Bertz CT molecular complexity index is 952. The molecule has 3 aromatic rings. The van der Waals surface area contributed by atoms with E-state index in [0.717, 1.165) is 35.2 Å². The number of nitrogens with one attached hydrogen (secondary N) is 3. The first-order valence-electron chi connectivity index (χ1n) is 10.4. The SMILES string of the molecule is CCNC(=NCc1ccc(C)cc1OCCOC)NCCc1nc(-c2ccco2)n[nH]1. The summed E-state index contributed by atoms with van der Waals surface area (Å²) in [5.74, 6) is 3.55. The van der Waals surface area contributed by atoms with Crippen molar-refractivity contribution in [2.45, 2.75) is 26.8 Å². The molecule has 2 heterocycles. The topological polar surface area (TPSA) is 110 Å². The van der Waals surface area contributed by atoms with Gasteiger partial charge in [-0.15, -0.1) is 0 Å². The van der Waals surface area contributed by atoms with Crippen molar-refractivity contribution in [3.05, 3.63) is 53.5 Å². The molecule has 0 spiro atoms. The maximum atomic E-state index is 5.86. The van der Waals surface area contributed by atoms with Crippen LogP contribution in [0.15, 0.2) is 46.0 Å². The fraction of sp³-hybridized carbons (Fsp3) is 0.409. The van der Waals surface area contributed by atoms with Crippen LogP contribution in [0.3, 0.4) is 0 Å². The summed E-state index contributed by atoms with van der Waals surface area (Å²) in [6.45, 7) is 7.06. The highest BCUT2D eigenvalue weighted by molar-refractivity contribution is 5.79. The van der Waals surface area contributed by atoms with Crippen LogP contribution in [0.25, 0.3) is 11.6 Å². The predicted molar refractivity (Wildman–Crippen MR) is 119 cm³/mol. The van der Waals surface area contributed by atoms with Gasteiger partial charge in [-0.25, -0.2) is 9.98 Å². The van der Waals surface area contributed by atoms with E-state index < -0.39 is 0 Å². The maximum Gasteiger partial charge on any atom is 0.216 e. The second kappa shape index (κ2) is 11.8. The summed E-state index contributed by atoms with van der Waals surface area (Å²) in [6.07, 6.45) is 2.28. The van der Waals surface area contributed by atoms with Crippen LogP contribution in [-0.4, -0.2) is 54.6 Å². The second-order valence-corrected chi connectivity index (χ2v) is 6.91. The Kier molecular flexibility index (Phi) is 8.48. The third-order valence-electron chi connectivity index (χ3n) is 4.45. The minimum Gasteiger partial charge on any atom is -0.491 e. The number of aromatic nitrogens is 3. The van der Waals surface area contributed by atoms with Gasteiger partial charge < -0.3 is 24.5 Å². The summed E-state index contributed by atoms with van der Waals surface area (Å²) < 4.78 is 16.3. The molecule has 0 aliphatic carbocycles. The molecule has 2 aromatic heterocycles. The summed E-state index contributed by atoms with van der Waals surface area (Å²) in [6, 6.07) is 9.79. The van der Waals surface area contributed by atoms with Crippen molar-refractivity contribution < 1.29 is 13.9 Å². The molecule has 0 bridgehead atoms. The Morgan fingerprint density at radius 3 is 2.90 bits per heavy atom. The van der Waals surface area contributed by atoms with Crippen molar-refractivity contribution in [1.82, 2.24) is 25.8 Å². The molecule has 31 heavy (non-hydrogen) atoms. The van der Waals surface area contributed by atoms with E-state index in [1.807, 2.05) is 32.0 Å². The molecule has 0 amide bonds. The Hall–Kier alpha value is -3.33. The number of H-pyrrole nitrogens is 1. The number of rotatable bonds is 11. The predicted octanol–water partition coefficient (Wildman–Crippen LogP) is 2.70. The van der Waals surface area contributed by atoms with Gasteiger partial charge in [0, 0.05) is 32.2 Å². The van der Waals surface area contributed by atoms with E-state index in [9.17, 15) is 0 Å². The molecule has 0 fully saturated rings. The largest absolute Gasteiger partial charge is 0.491 e. The van der Waals surface area contributed by atoms with Gasteiger partial charge in [-0.2, -0.15) is 5.10 Å². The zero-order valence-corrected chi connectivity index (χ0v) is 18.3. The first-order valence-corrected chi connectivity index (χ1v) is 10.4. The van der Waals surface area contributed by atoms with E-state index in [2.05, 4.69) is 37.9 Å². The average Bonchev–Trinajstić information content (AvgIpc) is 3.45. The van der Waals surface area contributed by atoms with E-state index in [-0.39, 0.29) is 0 Å². The normalized spacial score (nSPS) is 11.5. The first-order chi connectivity index (χ1) is 15.2. The second-order valence-electron chi connectivity index (χ2n) is 6.91. The van der Waals surface area contributed by atoms with Gasteiger partial charge in [-0.1, -0.05) is 12.1 Å². The van der Waals surface area contributed by atoms with Gasteiger partial charge in [-0.05, 0) is 37.6 Å². The number of methoxy groups -OCH3 is 1. The number of hydrogen-bond donors (Lipinski definition) is 3. The van der Waals surface area contributed by atoms with Gasteiger partial charge in [0.15, 0.2) is 11.7 Å². The quantitative estimate of drug-likeness (QED) is 0.246. The van der Waals surface area contributed by atoms with Crippen molar-refractivity contribution in [1.29, 1.82) is 0 Å². The molecular weight excluding hydrogens is 396 g/mol. The summed E-state index contributed by atoms with van der Waals surface area (Å²) in [4.78, 5) is 9.16. The highest BCUT2D eigenvalue weighted by Crippen LogP contribution is 2.21. The smallest absolute Gasteiger partial charge is 0.216 e. The van der Waals surface area contributed by atoms with Gasteiger partial charge in [0.1, 0.15) is 18.2 Å². The summed E-state index contributed by atoms with van der Waals surface area (Å²) >= 11 is 0. The van der Waals surface area contributed by atoms with Crippen LogP contribution in [0.4, 0.5) is 0 Å². The average molecular weight is 427 g/mol. The minimum atomic E-state index is 0.503. The van der Waals surface area contributed by atoms with E-state index in [4.69, 9.17) is 18.9 Å². The standard InChI is InChI=1S/C22H30N6O3/c1-4-23-22(24-10-9-20-26-21(28-27-20)18-6-5-11-30-18)25-15-17-8-7-16(2)14-19(17)31-13-12-29-3/h5-8,11,14H,4,9-10,12-13,15H2,1-3H3,(H2,23,24,25)(H,26,27,28). The number of furan rings is 1. The van der Waals surface area contributed by atoms with Gasteiger partial charge in [0.05, 0.1) is 19.4 Å². The number of ether oxygens (including phenoxy) is 2. The van der Waals surface area contributed by atoms with Crippen molar-refractivity contribution >= 4 is 5.96 Å². The lowest BCUT2D eigenvalue weighted by atomic mass is 10.1. The van der Waals surface area contributed by atoms with Crippen LogP contribution in [0, 0.1) is 6.92 Å². The molecular formula is C22H30N6O3. The van der Waals surface area contributed by atoms with Crippen LogP contribution < -0.4 is 15.4 Å². The van der Waals surface area contributed by atoms with Gasteiger partial charge in [-0.3, -0.25) is 5.10 Å². The Balaban J connectivity index is 1.56. The monoisotopic (exact) mass is 426 g/mol. The van der Waals surface area contributed by atoms with E-state index >= 15 is 0 Å². The van der Waals surface area contributed by atoms with Gasteiger partial charge in [0.2, 0.25) is 5.82 Å². The molecule has 9 nitrogen and oxygen atoms in total. The summed E-state index contributed by atoms with van der Waals surface area (Å²) in [7, 11) is 1.66. The molecule has 3 N–H and O–H groups in total. The number of guanidine groups is 1. The van der Waals surface area contributed by atoms with E-state index in [0.29, 0.717) is 44.3 Å². The highest BCUT2D eigenvalue weighted by Gasteiger charge is 2.09. The minimum absolute atomic E-state index is 0.503. The molecule has 0 unspecified atom stereocenters. The molecule has 0 aliphatic rings. The van der Waals surface area contributed by atoms with Crippen molar-refractivity contribution in [2.24, 2.45) is 4.99 Å². The zero-order valence-electron chi connectivity index (χ0n) is 18.3. The van der Waals surface area contributed by atoms with Crippen LogP contribution in [0.1, 0.15) is 23.9 Å². The molecule has 0 radical (unpaired) electrons. The first kappa shape index (κ1) is 22.4. The van der Waals surface area contributed by atoms with Gasteiger partial charge >= 0.3 is 0 Å². The number of nitrogens with zero attached hydrogens (tertiary/aromatic N) is 3. The lowest BCUT2D eigenvalue weighted by Gasteiger charge is -2.13. The fourth-order valence-corrected chi connectivity index (χ4v) is 2.89. The van der Waals surface area contributed by atoms with E-state index in [1.165, 1.54) is 0 Å². The highest BCUT2D eigenvalue weighted by atomic mass is 16.5. The van der Waals surface area contributed by atoms with Crippen molar-refractivity contribution in [3.63, 3.8) is 0 Å². The van der Waals surface area contributed by atoms with Crippen LogP contribution in [0.5, 0.6) is 5.75 Å². The lowest BCUT2D eigenvalue weighted by molar-refractivity contribution is 0.145. The third-order valence-corrected chi connectivity index (χ3v) is 4.45. The summed E-state index contributed by atoms with van der Waals surface area (Å²) in [5.41, 5.74) is 2.17. The number of hydrogen-bond acceptors (Lipinski definition) is 6. The maximum absolute atomic E-state index is 5.86. The van der Waals surface area contributed by atoms with E-state index in [1.54, 1.807) is 13.4 Å². The number of aryl methyl sites for hydroxylation is 1. The molecule has 0 saturated heterocycles. The Morgan fingerprint density at radius 2 is 2.13 bits per heavy atom. The molecule has 9 heteroatoms. The number of aromatic amines is 1. The van der Waals surface area contributed by atoms with Gasteiger partial charge in [0.25, 0.3) is 0 Å². The van der Waals surface area contributed by atoms with Crippen LogP contribution >= 0.6 is 0 Å². The molecule has 0 saturated carbocycles. The molecule has 0 atom stereocenters. The Labute approximate surface area is 182 Å². The third kappa shape index (κ3) is 6.85. The van der Waals surface area contributed by atoms with Crippen molar-refractivity contribution in [2.75, 3.05) is 33.4 Å². The van der Waals surface area contributed by atoms with Crippen molar-refractivity contribution in [3.8, 4) is 17.3 Å². The fourth-order valence-electron chi connectivity index (χ4n) is 2.89. The van der Waals surface area contributed by atoms with Crippen LogP contribution in [-0.2, 0) is 17.7 Å². The molecule has 0 aliphatic heterocycles. The molecule has 1 aromatic carbocycles. The Morgan fingerprint density at radius 1 is 1.23 bits per heavy atom.